The van der Waals surface area contributed by atoms with Gasteiger partial charge in [-0.15, -0.1) is 0 Å². The van der Waals surface area contributed by atoms with E-state index >= 15 is 0 Å². The van der Waals surface area contributed by atoms with Gasteiger partial charge >= 0.3 is 6.03 Å². The maximum Gasteiger partial charge on any atom is 0.319 e. The van der Waals surface area contributed by atoms with Crippen LogP contribution in [0.25, 0.3) is 0 Å². The molecule has 2 N–H and O–H groups in total. The number of hydrogen-bond donors (Lipinski definition) is 2. The Balaban J connectivity index is 1.90. The van der Waals surface area contributed by atoms with Gasteiger partial charge < -0.3 is 10.6 Å². The van der Waals surface area contributed by atoms with E-state index in [4.69, 9.17) is 0 Å². The number of non-ortho nitro benzene ring substituents is 1. The van der Waals surface area contributed by atoms with Gasteiger partial charge in [-0.3, -0.25) is 15.0 Å². The maximum absolute atomic E-state index is 12.2. The summed E-state index contributed by atoms with van der Waals surface area (Å²) in [6, 6.07) is 5.93. The molecule has 0 spiro atoms. The van der Waals surface area contributed by atoms with Gasteiger partial charge in [-0.2, -0.15) is 0 Å². The first-order valence-corrected chi connectivity index (χ1v) is 9.08. The highest BCUT2D eigenvalue weighted by Gasteiger charge is 2.27. The number of benzene rings is 1. The third kappa shape index (κ3) is 5.42. The fraction of sp³-hybridized carbons (Fsp3) is 0.611. The Morgan fingerprint density at radius 2 is 1.80 bits per heavy atom. The zero-order chi connectivity index (χ0) is 18.2. The van der Waals surface area contributed by atoms with Crippen LogP contribution in [0.5, 0.6) is 0 Å². The number of likely N-dealkylation sites (tertiary alicyclic amines) is 1. The van der Waals surface area contributed by atoms with Crippen molar-refractivity contribution in [3.05, 3.63) is 34.4 Å². The van der Waals surface area contributed by atoms with Crippen molar-refractivity contribution >= 4 is 17.4 Å². The van der Waals surface area contributed by atoms with Crippen molar-refractivity contribution in [1.29, 1.82) is 0 Å². The second kappa shape index (κ2) is 9.36. The minimum atomic E-state index is -0.458. The standard InChI is InChI=1S/C18H28N4O3/c1-3-14(4-2)17(21-11-5-6-12-21)13-19-18(23)20-15-7-9-16(10-8-15)22(24)25/h7-10,14,17H,3-6,11-13H2,1-2H3,(H2,19,20,23)/t17-/m0/s1. The van der Waals surface area contributed by atoms with E-state index in [1.807, 2.05) is 0 Å². The highest BCUT2D eigenvalue weighted by Crippen LogP contribution is 2.22. The SMILES string of the molecule is CCC(CC)[C@H](CNC(=O)Nc1ccc([N+](=O)[O-])cc1)N1CCCC1. The molecule has 0 aromatic heterocycles. The van der Waals surface area contributed by atoms with Crippen molar-refractivity contribution < 1.29 is 9.72 Å². The summed E-state index contributed by atoms with van der Waals surface area (Å²) in [5.41, 5.74) is 0.553. The minimum Gasteiger partial charge on any atom is -0.336 e. The highest BCUT2D eigenvalue weighted by atomic mass is 16.6. The van der Waals surface area contributed by atoms with Crippen molar-refractivity contribution in [3.63, 3.8) is 0 Å². The summed E-state index contributed by atoms with van der Waals surface area (Å²) in [4.78, 5) is 24.9. The molecule has 0 saturated carbocycles. The lowest BCUT2D eigenvalue weighted by atomic mass is 9.93. The number of nitrogens with one attached hydrogen (secondary N) is 2. The molecule has 0 aliphatic carbocycles. The van der Waals surface area contributed by atoms with E-state index in [-0.39, 0.29) is 11.7 Å². The van der Waals surface area contributed by atoms with Crippen molar-refractivity contribution in [2.75, 3.05) is 25.0 Å². The van der Waals surface area contributed by atoms with Gasteiger partial charge in [-0.05, 0) is 44.0 Å². The third-order valence-electron chi connectivity index (χ3n) is 5.01. The molecule has 7 nitrogen and oxygen atoms in total. The Bertz CT molecular complexity index is 564. The first-order valence-electron chi connectivity index (χ1n) is 9.08. The van der Waals surface area contributed by atoms with E-state index < -0.39 is 4.92 Å². The summed E-state index contributed by atoms with van der Waals surface area (Å²) in [6.45, 7) is 7.23. The Labute approximate surface area is 148 Å². The molecule has 25 heavy (non-hydrogen) atoms. The van der Waals surface area contributed by atoms with Crippen LogP contribution in [-0.2, 0) is 0 Å². The van der Waals surface area contributed by atoms with Crippen LogP contribution in [-0.4, -0.2) is 41.5 Å². The number of nitro groups is 1. The number of carbonyl (C=O) groups excluding carboxylic acids is 1. The number of hydrogen-bond acceptors (Lipinski definition) is 4. The lowest BCUT2D eigenvalue weighted by Crippen LogP contribution is -2.47. The van der Waals surface area contributed by atoms with Gasteiger partial charge in [0.25, 0.3) is 5.69 Å². The molecule has 1 aromatic rings. The van der Waals surface area contributed by atoms with Crippen LogP contribution in [0, 0.1) is 16.0 Å². The largest absolute Gasteiger partial charge is 0.336 e. The quantitative estimate of drug-likeness (QED) is 0.555. The van der Waals surface area contributed by atoms with E-state index in [0.717, 1.165) is 25.9 Å². The van der Waals surface area contributed by atoms with Gasteiger partial charge in [0.15, 0.2) is 0 Å². The molecule has 1 saturated heterocycles. The van der Waals surface area contributed by atoms with Crippen LogP contribution in [0.1, 0.15) is 39.5 Å². The number of urea groups is 1. The maximum atomic E-state index is 12.2. The number of anilines is 1. The predicted molar refractivity (Wildman–Crippen MR) is 98.8 cm³/mol. The number of amides is 2. The first kappa shape index (κ1) is 19.2. The van der Waals surface area contributed by atoms with E-state index in [0.29, 0.717) is 24.2 Å². The topological polar surface area (TPSA) is 87.5 Å². The second-order valence-electron chi connectivity index (χ2n) is 6.53. The van der Waals surface area contributed by atoms with Crippen LogP contribution < -0.4 is 10.6 Å². The molecule has 0 radical (unpaired) electrons. The average Bonchev–Trinajstić information content (AvgIpc) is 3.13. The number of carbonyl (C=O) groups is 1. The molecule has 1 aromatic carbocycles. The molecule has 1 aliphatic heterocycles. The van der Waals surface area contributed by atoms with E-state index in [1.54, 1.807) is 0 Å². The van der Waals surface area contributed by atoms with E-state index in [2.05, 4.69) is 29.4 Å². The molecule has 2 rings (SSSR count). The van der Waals surface area contributed by atoms with Gasteiger partial charge in [0.2, 0.25) is 0 Å². The molecule has 7 heteroatoms. The van der Waals surface area contributed by atoms with Crippen molar-refractivity contribution in [3.8, 4) is 0 Å². The third-order valence-corrected chi connectivity index (χ3v) is 5.01. The summed E-state index contributed by atoms with van der Waals surface area (Å²) in [6.07, 6.45) is 4.66. The van der Waals surface area contributed by atoms with E-state index in [1.165, 1.54) is 37.1 Å². The smallest absolute Gasteiger partial charge is 0.319 e. The minimum absolute atomic E-state index is 0.00814. The predicted octanol–water partition coefficient (Wildman–Crippen LogP) is 3.62. The van der Waals surface area contributed by atoms with Crippen LogP contribution in [0.2, 0.25) is 0 Å². The Morgan fingerprint density at radius 3 is 2.32 bits per heavy atom. The molecule has 0 bridgehead atoms. The molecule has 1 atom stereocenters. The molecular formula is C18H28N4O3. The summed E-state index contributed by atoms with van der Waals surface area (Å²) < 4.78 is 0. The van der Waals surface area contributed by atoms with Crippen LogP contribution >= 0.6 is 0 Å². The zero-order valence-corrected chi connectivity index (χ0v) is 15.0. The molecule has 1 fully saturated rings. The van der Waals surface area contributed by atoms with Crippen LogP contribution in [0.3, 0.4) is 0 Å². The Morgan fingerprint density at radius 1 is 1.20 bits per heavy atom. The number of nitro benzene ring substituents is 1. The molecule has 138 valence electrons. The number of rotatable bonds is 8. The monoisotopic (exact) mass is 348 g/mol. The summed E-state index contributed by atoms with van der Waals surface area (Å²) in [5.74, 6) is 0.567. The zero-order valence-electron chi connectivity index (χ0n) is 15.0. The lowest BCUT2D eigenvalue weighted by Gasteiger charge is -2.33. The van der Waals surface area contributed by atoms with Gasteiger partial charge in [0, 0.05) is 30.4 Å². The molecule has 0 unspecified atom stereocenters. The Hall–Kier alpha value is -2.15. The first-order chi connectivity index (χ1) is 12.0. The van der Waals surface area contributed by atoms with Crippen LogP contribution in [0.15, 0.2) is 24.3 Å². The lowest BCUT2D eigenvalue weighted by molar-refractivity contribution is -0.384. The Kier molecular flexibility index (Phi) is 7.18. The fourth-order valence-electron chi connectivity index (χ4n) is 3.54. The van der Waals surface area contributed by atoms with Gasteiger partial charge in [-0.25, -0.2) is 4.79 Å². The van der Waals surface area contributed by atoms with E-state index in [9.17, 15) is 14.9 Å². The average molecular weight is 348 g/mol. The van der Waals surface area contributed by atoms with Crippen molar-refractivity contribution in [2.24, 2.45) is 5.92 Å². The molecule has 2 amide bonds. The summed E-state index contributed by atoms with van der Waals surface area (Å²) >= 11 is 0. The number of nitrogens with zero attached hydrogens (tertiary/aromatic N) is 2. The normalized spacial score (nSPS) is 16.0. The van der Waals surface area contributed by atoms with Gasteiger partial charge in [0.05, 0.1) is 4.92 Å². The van der Waals surface area contributed by atoms with Gasteiger partial charge in [0.1, 0.15) is 0 Å². The van der Waals surface area contributed by atoms with Gasteiger partial charge in [-0.1, -0.05) is 26.7 Å². The second-order valence-corrected chi connectivity index (χ2v) is 6.53. The molecule has 1 aliphatic rings. The van der Waals surface area contributed by atoms with Crippen LogP contribution in [0.4, 0.5) is 16.2 Å². The molecule has 1 heterocycles. The highest BCUT2D eigenvalue weighted by molar-refractivity contribution is 5.89. The van der Waals surface area contributed by atoms with Crippen molar-refractivity contribution in [2.45, 2.75) is 45.6 Å². The van der Waals surface area contributed by atoms with Crippen molar-refractivity contribution in [1.82, 2.24) is 10.2 Å². The summed E-state index contributed by atoms with van der Waals surface area (Å²) in [5, 5.41) is 16.4. The fourth-order valence-corrected chi connectivity index (χ4v) is 3.54. The molecular weight excluding hydrogens is 320 g/mol. The summed E-state index contributed by atoms with van der Waals surface area (Å²) in [7, 11) is 0.